The highest BCUT2D eigenvalue weighted by atomic mass is 35.5. The predicted octanol–water partition coefficient (Wildman–Crippen LogP) is 8.95. The molecule has 1 N–H and O–H groups in total. The molecule has 1 aromatic carbocycles. The summed E-state index contributed by atoms with van der Waals surface area (Å²) >= 11 is 12.3. The first-order valence-corrected chi connectivity index (χ1v) is 14.8. The van der Waals surface area contributed by atoms with Crippen molar-refractivity contribution in [3.63, 3.8) is 0 Å². The Labute approximate surface area is 219 Å². The lowest BCUT2D eigenvalue weighted by Crippen LogP contribution is -2.37. The summed E-state index contributed by atoms with van der Waals surface area (Å²) < 4.78 is 5.91. The van der Waals surface area contributed by atoms with Crippen LogP contribution in [0.3, 0.4) is 0 Å². The van der Waals surface area contributed by atoms with Gasteiger partial charge in [-0.1, -0.05) is 126 Å². The molecule has 0 radical (unpaired) electrons. The number of hydrogen-bond donors (Lipinski definition) is 1. The molecular weight excluding hydrogens is 465 g/mol. The van der Waals surface area contributed by atoms with Gasteiger partial charge in [0.05, 0.1) is 29.3 Å². The van der Waals surface area contributed by atoms with Crippen LogP contribution >= 0.6 is 23.2 Å². The standard InChI is InChI=1S/C29H49Cl2NO2/c1-2-3-4-5-6-7-8-9-10-11-12-13-14-15-16-17-18-34-24-27(23-33)32-21-25-19-28(30)29(31)20-26(25)22-32/h19-20,27,33H,2-18,21-24H2,1H3/t27-/m0/s1. The average Bonchev–Trinajstić information content (AvgIpc) is 3.23. The number of benzene rings is 1. The Morgan fingerprint density at radius 1 is 0.735 bits per heavy atom. The third kappa shape index (κ3) is 12.1. The lowest BCUT2D eigenvalue weighted by molar-refractivity contribution is 0.0277. The largest absolute Gasteiger partial charge is 0.395 e. The van der Waals surface area contributed by atoms with E-state index in [1.54, 1.807) is 0 Å². The van der Waals surface area contributed by atoms with Crippen LogP contribution in [0.5, 0.6) is 0 Å². The molecule has 0 bridgehead atoms. The van der Waals surface area contributed by atoms with Gasteiger partial charge in [-0.25, -0.2) is 0 Å². The van der Waals surface area contributed by atoms with Crippen LogP contribution in [-0.2, 0) is 17.8 Å². The Morgan fingerprint density at radius 3 is 1.56 bits per heavy atom. The molecule has 0 aliphatic carbocycles. The second-order valence-corrected chi connectivity index (χ2v) is 11.0. The van der Waals surface area contributed by atoms with Crippen molar-refractivity contribution in [2.45, 2.75) is 129 Å². The first kappa shape index (κ1) is 29.9. The molecule has 2 rings (SSSR count). The van der Waals surface area contributed by atoms with E-state index in [4.69, 9.17) is 27.9 Å². The number of fused-ring (bicyclic) bond motifs is 1. The van der Waals surface area contributed by atoms with E-state index in [2.05, 4.69) is 11.8 Å². The zero-order chi connectivity index (χ0) is 24.4. The zero-order valence-electron chi connectivity index (χ0n) is 21.6. The minimum atomic E-state index is 0.0195. The maximum Gasteiger partial charge on any atom is 0.0644 e. The molecule has 0 fully saturated rings. The van der Waals surface area contributed by atoms with Gasteiger partial charge in [0.1, 0.15) is 0 Å². The van der Waals surface area contributed by atoms with E-state index in [1.807, 2.05) is 12.1 Å². The van der Waals surface area contributed by atoms with E-state index in [0.29, 0.717) is 16.7 Å². The van der Waals surface area contributed by atoms with Gasteiger partial charge in [0, 0.05) is 19.7 Å². The molecule has 0 spiro atoms. The molecular formula is C29H49Cl2NO2. The van der Waals surface area contributed by atoms with Crippen molar-refractivity contribution in [2.24, 2.45) is 0 Å². The van der Waals surface area contributed by atoms with Crippen LogP contribution in [0.15, 0.2) is 12.1 Å². The molecule has 0 aromatic heterocycles. The number of ether oxygens (including phenoxy) is 1. The number of aliphatic hydroxyl groups is 1. The van der Waals surface area contributed by atoms with Gasteiger partial charge >= 0.3 is 0 Å². The monoisotopic (exact) mass is 513 g/mol. The molecule has 1 aliphatic rings. The normalized spacial score (nSPS) is 14.6. The summed E-state index contributed by atoms with van der Waals surface area (Å²) in [5.74, 6) is 0. The first-order valence-electron chi connectivity index (χ1n) is 14.0. The fourth-order valence-electron chi connectivity index (χ4n) is 4.92. The maximum absolute atomic E-state index is 9.84. The molecule has 5 heteroatoms. The van der Waals surface area contributed by atoms with Crippen LogP contribution in [-0.4, -0.2) is 35.9 Å². The summed E-state index contributed by atoms with van der Waals surface area (Å²) in [4.78, 5) is 2.25. The molecule has 0 saturated heterocycles. The first-order chi connectivity index (χ1) is 16.7. The fraction of sp³-hybridized carbons (Fsp3) is 0.793. The number of unbranched alkanes of at least 4 members (excludes halogenated alkanes) is 15. The third-order valence-electron chi connectivity index (χ3n) is 7.17. The number of halogens is 2. The Kier molecular flexibility index (Phi) is 16.6. The highest BCUT2D eigenvalue weighted by Gasteiger charge is 2.26. The van der Waals surface area contributed by atoms with Crippen molar-refractivity contribution in [1.29, 1.82) is 0 Å². The molecule has 0 amide bonds. The second kappa shape index (κ2) is 18.9. The van der Waals surface area contributed by atoms with Gasteiger partial charge < -0.3 is 9.84 Å². The third-order valence-corrected chi connectivity index (χ3v) is 7.89. The smallest absolute Gasteiger partial charge is 0.0644 e. The van der Waals surface area contributed by atoms with Crippen LogP contribution < -0.4 is 0 Å². The van der Waals surface area contributed by atoms with E-state index < -0.39 is 0 Å². The maximum atomic E-state index is 9.84. The minimum Gasteiger partial charge on any atom is -0.395 e. The van der Waals surface area contributed by atoms with Crippen molar-refractivity contribution in [3.05, 3.63) is 33.3 Å². The number of nitrogens with zero attached hydrogens (tertiary/aromatic N) is 1. The topological polar surface area (TPSA) is 32.7 Å². The molecule has 1 aromatic rings. The summed E-state index contributed by atoms with van der Waals surface area (Å²) in [5, 5.41) is 11.0. The van der Waals surface area contributed by atoms with Crippen LogP contribution in [0.4, 0.5) is 0 Å². The predicted molar refractivity (Wildman–Crippen MR) is 147 cm³/mol. The summed E-state index contributed by atoms with van der Waals surface area (Å²) in [6.07, 6.45) is 22.1. The van der Waals surface area contributed by atoms with E-state index in [1.165, 1.54) is 107 Å². The Morgan fingerprint density at radius 2 is 1.15 bits per heavy atom. The van der Waals surface area contributed by atoms with E-state index in [0.717, 1.165) is 26.1 Å². The molecule has 196 valence electrons. The zero-order valence-corrected chi connectivity index (χ0v) is 23.2. The molecule has 0 unspecified atom stereocenters. The quantitative estimate of drug-likeness (QED) is 0.166. The van der Waals surface area contributed by atoms with Crippen molar-refractivity contribution in [2.75, 3.05) is 19.8 Å². The Balaban J connectivity index is 1.37. The van der Waals surface area contributed by atoms with Crippen LogP contribution in [0.25, 0.3) is 0 Å². The molecule has 3 nitrogen and oxygen atoms in total. The van der Waals surface area contributed by atoms with Crippen molar-refractivity contribution >= 4 is 23.2 Å². The van der Waals surface area contributed by atoms with Crippen molar-refractivity contribution < 1.29 is 9.84 Å². The highest BCUT2D eigenvalue weighted by molar-refractivity contribution is 6.42. The van der Waals surface area contributed by atoms with Gasteiger partial charge in [0.2, 0.25) is 0 Å². The van der Waals surface area contributed by atoms with Crippen LogP contribution in [0.2, 0.25) is 10.0 Å². The highest BCUT2D eigenvalue weighted by Crippen LogP contribution is 2.32. The molecule has 0 saturated carbocycles. The average molecular weight is 515 g/mol. The Bertz CT molecular complexity index is 624. The van der Waals surface area contributed by atoms with Gasteiger partial charge in [-0.2, -0.15) is 0 Å². The molecule has 34 heavy (non-hydrogen) atoms. The number of aliphatic hydroxyl groups excluding tert-OH is 1. The SMILES string of the molecule is CCCCCCCCCCCCCCCCCCOC[C@H](CO)N1Cc2cc(Cl)c(Cl)cc2C1. The molecule has 1 heterocycles. The number of rotatable bonds is 21. The van der Waals surface area contributed by atoms with Gasteiger partial charge in [0.15, 0.2) is 0 Å². The summed E-state index contributed by atoms with van der Waals surface area (Å²) in [5.41, 5.74) is 2.40. The van der Waals surface area contributed by atoms with Gasteiger partial charge in [-0.05, 0) is 29.7 Å². The second-order valence-electron chi connectivity index (χ2n) is 10.2. The lowest BCUT2D eigenvalue weighted by atomic mass is 10.0. The number of hydrogen-bond acceptors (Lipinski definition) is 3. The minimum absolute atomic E-state index is 0.0195. The summed E-state index contributed by atoms with van der Waals surface area (Å²) in [6.45, 7) is 5.33. The Hall–Kier alpha value is -0.320. The van der Waals surface area contributed by atoms with Gasteiger partial charge in [-0.3, -0.25) is 4.90 Å². The summed E-state index contributed by atoms with van der Waals surface area (Å²) in [7, 11) is 0. The van der Waals surface area contributed by atoms with E-state index >= 15 is 0 Å². The molecule has 1 atom stereocenters. The summed E-state index contributed by atoms with van der Waals surface area (Å²) in [6, 6.07) is 3.92. The van der Waals surface area contributed by atoms with Gasteiger partial charge in [0.25, 0.3) is 0 Å². The van der Waals surface area contributed by atoms with Crippen LogP contribution in [0, 0.1) is 0 Å². The van der Waals surface area contributed by atoms with Crippen molar-refractivity contribution in [1.82, 2.24) is 4.90 Å². The van der Waals surface area contributed by atoms with Crippen LogP contribution in [0.1, 0.15) is 121 Å². The van der Waals surface area contributed by atoms with E-state index in [-0.39, 0.29) is 12.6 Å². The van der Waals surface area contributed by atoms with Crippen molar-refractivity contribution in [3.8, 4) is 0 Å². The fourth-order valence-corrected chi connectivity index (χ4v) is 5.29. The van der Waals surface area contributed by atoms with E-state index in [9.17, 15) is 5.11 Å². The molecule has 1 aliphatic heterocycles. The lowest BCUT2D eigenvalue weighted by Gasteiger charge is -2.25. The van der Waals surface area contributed by atoms with Gasteiger partial charge in [-0.15, -0.1) is 0 Å².